The van der Waals surface area contributed by atoms with Crippen LogP contribution in [0.15, 0.2) is 16.8 Å². The molecular weight excluding hydrogens is 296 g/mol. The molecule has 0 atom stereocenters. The first-order chi connectivity index (χ1) is 11.3. The Kier molecular flexibility index (Phi) is 3.82. The Morgan fingerprint density at radius 1 is 1.22 bits per heavy atom. The molecule has 0 N–H and O–H groups in total. The fourth-order valence-corrected chi connectivity index (χ4v) is 2.74. The first-order valence-corrected chi connectivity index (χ1v) is 7.98. The topological polar surface area (TPSA) is 80.4 Å². The molecule has 8 heteroatoms. The van der Waals surface area contributed by atoms with E-state index in [1.54, 1.807) is 19.4 Å². The standard InChI is InChI=1S/C15H20N6O2/c1-22-12-4-5-16-15(18-12)21-8-6-20(7-9-21)10-13-17-14(19-23-13)11-2-3-11/h4-5,11H,2-3,6-10H2,1H3. The van der Waals surface area contributed by atoms with Crippen molar-refractivity contribution in [3.63, 3.8) is 0 Å². The Morgan fingerprint density at radius 2 is 2.04 bits per heavy atom. The van der Waals surface area contributed by atoms with Crippen LogP contribution in [-0.4, -0.2) is 58.3 Å². The minimum Gasteiger partial charge on any atom is -0.481 e. The van der Waals surface area contributed by atoms with Gasteiger partial charge in [0.05, 0.1) is 13.7 Å². The molecular formula is C15H20N6O2. The van der Waals surface area contributed by atoms with Crippen LogP contribution in [0.1, 0.15) is 30.5 Å². The zero-order valence-electron chi connectivity index (χ0n) is 13.2. The van der Waals surface area contributed by atoms with Crippen LogP contribution in [0.4, 0.5) is 5.95 Å². The van der Waals surface area contributed by atoms with Crippen LogP contribution in [0.3, 0.4) is 0 Å². The van der Waals surface area contributed by atoms with Crippen molar-refractivity contribution in [2.24, 2.45) is 0 Å². The minimum atomic E-state index is 0.537. The molecule has 0 unspecified atom stereocenters. The van der Waals surface area contributed by atoms with Crippen LogP contribution < -0.4 is 9.64 Å². The van der Waals surface area contributed by atoms with E-state index in [0.717, 1.165) is 43.8 Å². The summed E-state index contributed by atoms with van der Waals surface area (Å²) in [6.07, 6.45) is 4.11. The second-order valence-electron chi connectivity index (χ2n) is 5.98. The van der Waals surface area contributed by atoms with Gasteiger partial charge in [0.1, 0.15) is 0 Å². The molecule has 8 nitrogen and oxygen atoms in total. The van der Waals surface area contributed by atoms with Gasteiger partial charge in [0.15, 0.2) is 5.82 Å². The van der Waals surface area contributed by atoms with Gasteiger partial charge in [-0.15, -0.1) is 0 Å². The van der Waals surface area contributed by atoms with Crippen molar-refractivity contribution in [1.29, 1.82) is 0 Å². The zero-order valence-corrected chi connectivity index (χ0v) is 13.2. The highest BCUT2D eigenvalue weighted by Gasteiger charge is 2.29. The molecule has 1 saturated carbocycles. The molecule has 1 saturated heterocycles. The molecule has 0 spiro atoms. The Bertz CT molecular complexity index is 663. The third-order valence-corrected chi connectivity index (χ3v) is 4.27. The summed E-state index contributed by atoms with van der Waals surface area (Å²) in [7, 11) is 1.62. The van der Waals surface area contributed by atoms with E-state index in [2.05, 4.69) is 29.9 Å². The van der Waals surface area contributed by atoms with Gasteiger partial charge in [-0.2, -0.15) is 9.97 Å². The van der Waals surface area contributed by atoms with E-state index in [9.17, 15) is 0 Å². The summed E-state index contributed by atoms with van der Waals surface area (Å²) < 4.78 is 10.5. The summed E-state index contributed by atoms with van der Waals surface area (Å²) in [5.74, 6) is 3.45. The van der Waals surface area contributed by atoms with Gasteiger partial charge >= 0.3 is 0 Å². The maximum Gasteiger partial charge on any atom is 0.240 e. The number of anilines is 1. The average molecular weight is 316 g/mol. The highest BCUT2D eigenvalue weighted by molar-refractivity contribution is 5.32. The van der Waals surface area contributed by atoms with E-state index in [1.165, 1.54) is 12.8 Å². The Labute approximate surface area is 134 Å². The fourth-order valence-electron chi connectivity index (χ4n) is 2.74. The number of piperazine rings is 1. The smallest absolute Gasteiger partial charge is 0.240 e. The Hall–Kier alpha value is -2.22. The van der Waals surface area contributed by atoms with Gasteiger partial charge < -0.3 is 14.2 Å². The molecule has 0 radical (unpaired) electrons. The van der Waals surface area contributed by atoms with Gasteiger partial charge in [-0.3, -0.25) is 4.90 Å². The lowest BCUT2D eigenvalue weighted by Gasteiger charge is -2.33. The molecule has 2 fully saturated rings. The number of hydrogen-bond acceptors (Lipinski definition) is 8. The van der Waals surface area contributed by atoms with Crippen LogP contribution in [0.25, 0.3) is 0 Å². The molecule has 23 heavy (non-hydrogen) atoms. The first kappa shape index (κ1) is 14.4. The van der Waals surface area contributed by atoms with Crippen molar-refractivity contribution in [2.45, 2.75) is 25.3 Å². The number of methoxy groups -OCH3 is 1. The third kappa shape index (κ3) is 3.26. The monoisotopic (exact) mass is 316 g/mol. The highest BCUT2D eigenvalue weighted by atomic mass is 16.5. The van der Waals surface area contributed by atoms with Crippen molar-refractivity contribution >= 4 is 5.95 Å². The van der Waals surface area contributed by atoms with Crippen LogP contribution in [0, 0.1) is 0 Å². The van der Waals surface area contributed by atoms with Crippen LogP contribution in [0.2, 0.25) is 0 Å². The van der Waals surface area contributed by atoms with Crippen molar-refractivity contribution in [1.82, 2.24) is 25.0 Å². The second-order valence-corrected chi connectivity index (χ2v) is 5.98. The van der Waals surface area contributed by atoms with Gasteiger partial charge in [-0.1, -0.05) is 5.16 Å². The van der Waals surface area contributed by atoms with Crippen LogP contribution >= 0.6 is 0 Å². The Morgan fingerprint density at radius 3 is 2.78 bits per heavy atom. The minimum absolute atomic E-state index is 0.537. The predicted molar refractivity (Wildman–Crippen MR) is 82.3 cm³/mol. The maximum atomic E-state index is 5.35. The summed E-state index contributed by atoms with van der Waals surface area (Å²) in [6.45, 7) is 4.30. The van der Waals surface area contributed by atoms with Gasteiger partial charge in [-0.05, 0) is 12.8 Å². The summed E-state index contributed by atoms with van der Waals surface area (Å²) in [4.78, 5) is 17.7. The van der Waals surface area contributed by atoms with Crippen LogP contribution in [-0.2, 0) is 6.54 Å². The van der Waals surface area contributed by atoms with Crippen molar-refractivity contribution in [3.05, 3.63) is 24.0 Å². The van der Waals surface area contributed by atoms with E-state index in [-0.39, 0.29) is 0 Å². The number of ether oxygens (including phenoxy) is 1. The lowest BCUT2D eigenvalue weighted by Crippen LogP contribution is -2.46. The first-order valence-electron chi connectivity index (χ1n) is 7.98. The van der Waals surface area contributed by atoms with Crippen LogP contribution in [0.5, 0.6) is 5.88 Å². The number of aromatic nitrogens is 4. The fraction of sp³-hybridized carbons (Fsp3) is 0.600. The van der Waals surface area contributed by atoms with Gasteiger partial charge in [0, 0.05) is 44.4 Å². The van der Waals surface area contributed by atoms with E-state index in [4.69, 9.17) is 9.26 Å². The van der Waals surface area contributed by atoms with E-state index in [0.29, 0.717) is 18.3 Å². The SMILES string of the molecule is COc1ccnc(N2CCN(Cc3nc(C4CC4)no3)CC2)n1. The average Bonchev–Trinajstić information content (AvgIpc) is 3.35. The molecule has 3 heterocycles. The maximum absolute atomic E-state index is 5.35. The number of rotatable bonds is 5. The summed E-state index contributed by atoms with van der Waals surface area (Å²) in [5, 5.41) is 4.07. The van der Waals surface area contributed by atoms with E-state index >= 15 is 0 Å². The highest BCUT2D eigenvalue weighted by Crippen LogP contribution is 2.38. The van der Waals surface area contributed by atoms with Gasteiger partial charge in [0.2, 0.25) is 17.7 Å². The largest absolute Gasteiger partial charge is 0.481 e. The molecule has 1 aliphatic carbocycles. The molecule has 4 rings (SSSR count). The molecule has 2 aromatic rings. The lowest BCUT2D eigenvalue weighted by atomic mass is 10.3. The van der Waals surface area contributed by atoms with E-state index < -0.39 is 0 Å². The van der Waals surface area contributed by atoms with Crippen molar-refractivity contribution < 1.29 is 9.26 Å². The Balaban J connectivity index is 1.32. The number of nitrogens with zero attached hydrogens (tertiary/aromatic N) is 6. The summed E-state index contributed by atoms with van der Waals surface area (Å²) in [6, 6.07) is 1.76. The second kappa shape index (κ2) is 6.11. The molecule has 2 aliphatic rings. The quantitative estimate of drug-likeness (QED) is 0.810. The van der Waals surface area contributed by atoms with Crippen molar-refractivity contribution in [2.75, 3.05) is 38.2 Å². The molecule has 0 bridgehead atoms. The molecule has 0 amide bonds. The predicted octanol–water partition coefficient (Wildman–Crippen LogP) is 1.07. The third-order valence-electron chi connectivity index (χ3n) is 4.27. The molecule has 122 valence electrons. The molecule has 0 aromatic carbocycles. The zero-order chi connectivity index (χ0) is 15.6. The molecule has 1 aliphatic heterocycles. The molecule has 2 aromatic heterocycles. The van der Waals surface area contributed by atoms with Gasteiger partial charge in [-0.25, -0.2) is 4.98 Å². The van der Waals surface area contributed by atoms with Gasteiger partial charge in [0.25, 0.3) is 0 Å². The van der Waals surface area contributed by atoms with E-state index in [1.807, 2.05) is 0 Å². The summed E-state index contributed by atoms with van der Waals surface area (Å²) in [5.41, 5.74) is 0. The lowest BCUT2D eigenvalue weighted by molar-refractivity contribution is 0.214. The normalized spacial score (nSPS) is 19.1. The summed E-state index contributed by atoms with van der Waals surface area (Å²) >= 11 is 0. The number of hydrogen-bond donors (Lipinski definition) is 0. The van der Waals surface area contributed by atoms with Crippen molar-refractivity contribution in [3.8, 4) is 5.88 Å².